The molecule has 1 aromatic rings. The quantitative estimate of drug-likeness (QED) is 0.797. The normalized spacial score (nSPS) is 15.1. The number of benzene rings is 1. The second-order valence-corrected chi connectivity index (χ2v) is 5.80. The van der Waals surface area contributed by atoms with Gasteiger partial charge in [-0.2, -0.15) is 0 Å². The molecule has 2 rings (SSSR count). The molecule has 16 heavy (non-hydrogen) atoms. The molecule has 4 heteroatoms. The van der Waals surface area contributed by atoms with E-state index in [0.717, 1.165) is 15.9 Å². The fraction of sp³-hybridized carbons (Fsp3) is 0.250. The van der Waals surface area contributed by atoms with Gasteiger partial charge < -0.3 is 4.90 Å². The van der Waals surface area contributed by atoms with E-state index in [4.69, 9.17) is 0 Å². The molecule has 0 aliphatic carbocycles. The van der Waals surface area contributed by atoms with E-state index >= 15 is 0 Å². The number of nitrogens with zero attached hydrogens (tertiary/aromatic N) is 1. The van der Waals surface area contributed by atoms with E-state index in [1.54, 1.807) is 11.8 Å². The Hall–Kier alpha value is -0.740. The van der Waals surface area contributed by atoms with Crippen molar-refractivity contribution in [1.29, 1.82) is 0 Å². The Morgan fingerprint density at radius 2 is 2.12 bits per heavy atom. The van der Waals surface area contributed by atoms with Crippen molar-refractivity contribution in [1.82, 2.24) is 4.90 Å². The van der Waals surface area contributed by atoms with E-state index in [2.05, 4.69) is 22.9 Å². The number of allylic oxidation sites excluding steroid dienone is 1. The molecule has 1 aromatic carbocycles. The summed E-state index contributed by atoms with van der Waals surface area (Å²) in [4.78, 5) is 15.2. The topological polar surface area (TPSA) is 20.3 Å². The summed E-state index contributed by atoms with van der Waals surface area (Å²) in [6.45, 7) is 2.53. The zero-order valence-corrected chi connectivity index (χ0v) is 11.3. The molecule has 0 saturated heterocycles. The molecule has 84 valence electrons. The maximum absolute atomic E-state index is 11.9. The third kappa shape index (κ3) is 2.89. The van der Waals surface area contributed by atoms with Gasteiger partial charge in [0.25, 0.3) is 0 Å². The number of halogens is 1. The van der Waals surface area contributed by atoms with E-state index < -0.39 is 0 Å². The van der Waals surface area contributed by atoms with Crippen molar-refractivity contribution in [3.63, 3.8) is 0 Å². The molecule has 0 atom stereocenters. The lowest BCUT2D eigenvalue weighted by atomic mass is 10.1. The fourth-order valence-electron chi connectivity index (χ4n) is 1.52. The average molecular weight is 298 g/mol. The van der Waals surface area contributed by atoms with Crippen molar-refractivity contribution in [2.75, 3.05) is 12.4 Å². The molecule has 2 nitrogen and oxygen atoms in total. The molecule has 0 aromatic heterocycles. The van der Waals surface area contributed by atoms with Crippen LogP contribution in [0.4, 0.5) is 0 Å². The summed E-state index contributed by atoms with van der Waals surface area (Å²) in [5.41, 5.74) is 0.770. The van der Waals surface area contributed by atoms with Gasteiger partial charge in [-0.05, 0) is 24.0 Å². The molecule has 0 bridgehead atoms. The van der Waals surface area contributed by atoms with Gasteiger partial charge >= 0.3 is 0 Å². The Kier molecular flexibility index (Phi) is 3.71. The minimum Gasteiger partial charge on any atom is -0.360 e. The van der Waals surface area contributed by atoms with Crippen LogP contribution in [0.3, 0.4) is 0 Å². The number of carbonyl (C=O) groups is 1. The molecule has 1 heterocycles. The van der Waals surface area contributed by atoms with Gasteiger partial charge in [-0.15, -0.1) is 11.8 Å². The Morgan fingerprint density at radius 3 is 2.69 bits per heavy atom. The number of hydrogen-bond acceptors (Lipinski definition) is 3. The van der Waals surface area contributed by atoms with Crippen LogP contribution in [0.15, 0.2) is 39.8 Å². The van der Waals surface area contributed by atoms with Crippen LogP contribution >= 0.6 is 27.7 Å². The minimum absolute atomic E-state index is 0.166. The summed E-state index contributed by atoms with van der Waals surface area (Å²) >= 11 is 5.13. The Bertz CT molecular complexity index is 427. The minimum atomic E-state index is 0.166. The highest BCUT2D eigenvalue weighted by molar-refractivity contribution is 9.10. The molecule has 0 spiro atoms. The van der Waals surface area contributed by atoms with E-state index in [0.29, 0.717) is 6.54 Å². The standard InChI is InChI=1S/C12H12BrNOS/c1-9-6-14(8-16-9)7-12(15)10-2-4-11(13)5-3-10/h2-6H,7-8H2,1H3. The van der Waals surface area contributed by atoms with Crippen LogP contribution in [0.25, 0.3) is 0 Å². The number of hydrogen-bond donors (Lipinski definition) is 0. The summed E-state index contributed by atoms with van der Waals surface area (Å²) in [6.07, 6.45) is 2.04. The lowest BCUT2D eigenvalue weighted by Crippen LogP contribution is -2.22. The predicted octanol–water partition coefficient (Wildman–Crippen LogP) is 3.50. The van der Waals surface area contributed by atoms with Crippen LogP contribution < -0.4 is 0 Å². The fourth-order valence-corrected chi connectivity index (χ4v) is 2.54. The third-order valence-electron chi connectivity index (χ3n) is 2.34. The van der Waals surface area contributed by atoms with Gasteiger partial charge in [-0.1, -0.05) is 28.1 Å². The maximum Gasteiger partial charge on any atom is 0.182 e. The summed E-state index contributed by atoms with van der Waals surface area (Å²) < 4.78 is 0.997. The Morgan fingerprint density at radius 1 is 1.44 bits per heavy atom. The van der Waals surface area contributed by atoms with Crippen molar-refractivity contribution >= 4 is 33.5 Å². The SMILES string of the molecule is CC1=CN(CC(=O)c2ccc(Br)cc2)CS1. The molecule has 0 fully saturated rings. The molecular formula is C12H12BrNOS. The number of ketones is 1. The van der Waals surface area contributed by atoms with Crippen LogP contribution in [0.1, 0.15) is 17.3 Å². The predicted molar refractivity (Wildman–Crippen MR) is 71.4 cm³/mol. The number of Topliss-reactive ketones (excluding diaryl/α,β-unsaturated/α-hetero) is 1. The molecule has 0 N–H and O–H groups in total. The summed E-state index contributed by atoms with van der Waals surface area (Å²) in [7, 11) is 0. The summed E-state index contributed by atoms with van der Waals surface area (Å²) in [5.74, 6) is 1.05. The number of rotatable bonds is 3. The van der Waals surface area contributed by atoms with Crippen LogP contribution in [-0.4, -0.2) is 23.1 Å². The van der Waals surface area contributed by atoms with E-state index in [9.17, 15) is 4.79 Å². The van der Waals surface area contributed by atoms with Crippen molar-refractivity contribution < 1.29 is 4.79 Å². The number of carbonyl (C=O) groups excluding carboxylic acids is 1. The third-order valence-corrected chi connectivity index (χ3v) is 3.89. The second-order valence-electron chi connectivity index (χ2n) is 3.69. The summed E-state index contributed by atoms with van der Waals surface area (Å²) in [6, 6.07) is 7.50. The molecule has 0 saturated carbocycles. The Labute approximate surface area is 108 Å². The second kappa shape index (κ2) is 5.06. The molecule has 1 aliphatic heterocycles. The van der Waals surface area contributed by atoms with Gasteiger partial charge in [0.1, 0.15) is 0 Å². The van der Waals surface area contributed by atoms with Gasteiger partial charge in [-0.3, -0.25) is 4.79 Å². The number of thioether (sulfide) groups is 1. The first-order valence-electron chi connectivity index (χ1n) is 4.99. The van der Waals surface area contributed by atoms with Crippen molar-refractivity contribution in [3.8, 4) is 0 Å². The van der Waals surface area contributed by atoms with E-state index in [1.807, 2.05) is 35.4 Å². The van der Waals surface area contributed by atoms with Gasteiger partial charge in [-0.25, -0.2) is 0 Å². The Balaban J connectivity index is 2.01. The first-order chi connectivity index (χ1) is 7.65. The van der Waals surface area contributed by atoms with Gasteiger partial charge in [0.05, 0.1) is 12.4 Å². The van der Waals surface area contributed by atoms with Gasteiger partial charge in [0, 0.05) is 16.2 Å². The summed E-state index contributed by atoms with van der Waals surface area (Å²) in [5, 5.41) is 0. The maximum atomic E-state index is 11.9. The molecule has 0 unspecified atom stereocenters. The first kappa shape index (κ1) is 11.7. The van der Waals surface area contributed by atoms with Gasteiger partial charge in [0.2, 0.25) is 0 Å². The van der Waals surface area contributed by atoms with Gasteiger partial charge in [0.15, 0.2) is 5.78 Å². The molecule has 0 radical (unpaired) electrons. The molecule has 0 amide bonds. The molecule has 1 aliphatic rings. The van der Waals surface area contributed by atoms with Crippen LogP contribution in [0.2, 0.25) is 0 Å². The highest BCUT2D eigenvalue weighted by atomic mass is 79.9. The first-order valence-corrected chi connectivity index (χ1v) is 6.77. The van der Waals surface area contributed by atoms with Crippen LogP contribution in [-0.2, 0) is 0 Å². The highest BCUT2D eigenvalue weighted by Gasteiger charge is 2.14. The van der Waals surface area contributed by atoms with E-state index in [1.165, 1.54) is 4.91 Å². The monoisotopic (exact) mass is 297 g/mol. The van der Waals surface area contributed by atoms with Crippen molar-refractivity contribution in [2.24, 2.45) is 0 Å². The van der Waals surface area contributed by atoms with Crippen LogP contribution in [0, 0.1) is 0 Å². The average Bonchev–Trinajstić information content (AvgIpc) is 2.65. The van der Waals surface area contributed by atoms with Crippen molar-refractivity contribution in [2.45, 2.75) is 6.92 Å². The van der Waals surface area contributed by atoms with E-state index in [-0.39, 0.29) is 5.78 Å². The highest BCUT2D eigenvalue weighted by Crippen LogP contribution is 2.24. The van der Waals surface area contributed by atoms with Crippen molar-refractivity contribution in [3.05, 3.63) is 45.4 Å². The largest absolute Gasteiger partial charge is 0.360 e. The lowest BCUT2D eigenvalue weighted by molar-refractivity contribution is 0.0963. The van der Waals surface area contributed by atoms with Crippen LogP contribution in [0.5, 0.6) is 0 Å². The molecular weight excluding hydrogens is 286 g/mol. The zero-order valence-electron chi connectivity index (χ0n) is 8.94. The smallest absolute Gasteiger partial charge is 0.182 e. The lowest BCUT2D eigenvalue weighted by Gasteiger charge is -2.12. The zero-order chi connectivity index (χ0) is 11.5.